The first-order valence-electron chi connectivity index (χ1n) is 40.0. The monoisotopic (exact) mass is 1460 g/mol. The molecule has 0 fully saturated rings. The molecular formula is C111H76N4. The summed E-state index contributed by atoms with van der Waals surface area (Å²) in [6.07, 6.45) is 0. The average Bonchev–Trinajstić information content (AvgIpc) is 0.673. The van der Waals surface area contributed by atoms with Crippen LogP contribution in [0.2, 0.25) is 0 Å². The lowest BCUT2D eigenvalue weighted by Crippen LogP contribution is -2.38. The van der Waals surface area contributed by atoms with Gasteiger partial charge >= 0.3 is 0 Å². The molecule has 0 N–H and O–H groups in total. The third kappa shape index (κ3) is 10.6. The molecule has 19 aromatic carbocycles. The van der Waals surface area contributed by atoms with E-state index in [4.69, 9.17) is 15.0 Å². The van der Waals surface area contributed by atoms with Crippen LogP contribution in [0.15, 0.2) is 388 Å². The molecule has 20 aromatic rings. The molecular weight excluding hydrogens is 1390 g/mol. The van der Waals surface area contributed by atoms with Gasteiger partial charge in [-0.25, -0.2) is 15.0 Å². The molecule has 0 bridgehead atoms. The number of para-hydroxylation sites is 2. The number of aromatic nitrogens is 3. The van der Waals surface area contributed by atoms with Gasteiger partial charge in [0, 0.05) is 27.5 Å². The van der Waals surface area contributed by atoms with Crippen molar-refractivity contribution in [2.24, 2.45) is 0 Å². The summed E-state index contributed by atoms with van der Waals surface area (Å²) < 4.78 is 0. The number of fused-ring (bicyclic) bond motifs is 10. The number of hydrogen-bond donors (Lipinski definition) is 0. The molecule has 3 heterocycles. The molecule has 0 spiro atoms. The molecule has 0 atom stereocenters. The van der Waals surface area contributed by atoms with Gasteiger partial charge in [-0.3, -0.25) is 0 Å². The van der Waals surface area contributed by atoms with Crippen LogP contribution < -0.4 is 4.90 Å². The van der Waals surface area contributed by atoms with Gasteiger partial charge in [0.25, 0.3) is 0 Å². The predicted molar refractivity (Wildman–Crippen MR) is 483 cm³/mol. The minimum Gasteiger partial charge on any atom is -0.309 e. The Kier molecular flexibility index (Phi) is 15.6. The van der Waals surface area contributed by atoms with Crippen LogP contribution in [0.1, 0.15) is 49.9 Å². The van der Waals surface area contributed by atoms with Gasteiger partial charge in [-0.1, -0.05) is 386 Å². The van der Waals surface area contributed by atoms with E-state index in [0.717, 1.165) is 111 Å². The fourth-order valence-corrected chi connectivity index (χ4v) is 19.7. The van der Waals surface area contributed by atoms with Crippen molar-refractivity contribution < 1.29 is 0 Å². The Morgan fingerprint density at radius 3 is 0.843 bits per heavy atom. The molecule has 0 radical (unpaired) electrons. The minimum atomic E-state index is -0.340. The van der Waals surface area contributed by atoms with Crippen LogP contribution >= 0.6 is 0 Å². The van der Waals surface area contributed by atoms with Crippen molar-refractivity contribution in [1.29, 1.82) is 0 Å². The van der Waals surface area contributed by atoms with Crippen LogP contribution in [-0.2, 0) is 10.8 Å². The highest BCUT2D eigenvalue weighted by Gasteiger charge is 2.46. The average molecular weight is 1470 g/mol. The predicted octanol–water partition coefficient (Wildman–Crippen LogP) is 29.8. The molecule has 0 saturated carbocycles. The topological polar surface area (TPSA) is 41.9 Å². The standard InChI is InChI=1S/C111H76N4/c1-110(2)86-60-29-30-63-90(86)115-91-65-64-78(68-89(91)111(3,4)88-62-35-61-87(110)106(88)115)77-52-31-53-79(66-77)98-94(71-40-17-7-18-41-71)95(72-42-19-8-20-43-72)99(80-54-32-55-81(67-80)109-113-107(75-48-25-11-26-49-75)112-108(114-109)76-50-27-12-28-51-76)105-85-59-34-57-83-101(85)100-82(56-33-58-84(100)104(98)105)102-96(73-44-21-9-22-45-73)92(69-36-13-5-14-37-69)93(70-38-15-6-16-39-70)97(103(83)102)74-46-23-10-24-47-74/h5-68H,1-4H3. The van der Waals surface area contributed by atoms with Gasteiger partial charge in [0.05, 0.1) is 17.1 Å². The summed E-state index contributed by atoms with van der Waals surface area (Å²) in [6.45, 7) is 9.64. The molecule has 4 heteroatoms. The van der Waals surface area contributed by atoms with Crippen LogP contribution in [0.4, 0.5) is 17.1 Å². The first-order valence-corrected chi connectivity index (χ1v) is 40.0. The van der Waals surface area contributed by atoms with E-state index in [0.29, 0.717) is 17.5 Å². The van der Waals surface area contributed by atoms with E-state index in [-0.39, 0.29) is 10.8 Å². The Labute approximate surface area is 669 Å². The number of nitrogens with zero attached hydrogens (tertiary/aromatic N) is 4. The molecule has 1 aromatic heterocycles. The lowest BCUT2D eigenvalue weighted by atomic mass is 9.66. The Morgan fingerprint density at radius 1 is 0.183 bits per heavy atom. The Balaban J connectivity index is 0.914. The first-order chi connectivity index (χ1) is 56.6. The maximum atomic E-state index is 5.43. The molecule has 2 aliphatic heterocycles. The first kappa shape index (κ1) is 67.4. The van der Waals surface area contributed by atoms with Gasteiger partial charge in [0.15, 0.2) is 17.5 Å². The lowest BCUT2D eigenvalue weighted by Gasteiger charge is -2.49. The highest BCUT2D eigenvalue weighted by Crippen LogP contribution is 2.63. The molecule has 115 heavy (non-hydrogen) atoms. The van der Waals surface area contributed by atoms with Crippen molar-refractivity contribution in [3.05, 3.63) is 411 Å². The zero-order chi connectivity index (χ0) is 76.6. The third-order valence-corrected chi connectivity index (χ3v) is 24.8. The van der Waals surface area contributed by atoms with Gasteiger partial charge < -0.3 is 4.90 Å². The quantitative estimate of drug-likeness (QED) is 0.0903. The number of rotatable bonds is 12. The smallest absolute Gasteiger partial charge is 0.164 e. The second-order valence-corrected chi connectivity index (χ2v) is 31.9. The minimum absolute atomic E-state index is 0.189. The van der Waals surface area contributed by atoms with Crippen molar-refractivity contribution in [1.82, 2.24) is 15.0 Å². The number of benzene rings is 19. The molecule has 0 saturated heterocycles. The fraction of sp³-hybridized carbons (Fsp3) is 0.0541. The zero-order valence-corrected chi connectivity index (χ0v) is 64.2. The van der Waals surface area contributed by atoms with Gasteiger partial charge in [-0.05, 0) is 207 Å². The molecule has 0 unspecified atom stereocenters. The normalized spacial score (nSPS) is 13.2. The second kappa shape index (κ2) is 26.6. The van der Waals surface area contributed by atoms with Crippen LogP contribution in [0.25, 0.3) is 188 Å². The highest BCUT2D eigenvalue weighted by molar-refractivity contribution is 6.46. The summed E-state index contributed by atoms with van der Waals surface area (Å²) in [5.41, 5.74) is 31.8. The van der Waals surface area contributed by atoms with Gasteiger partial charge in [-0.15, -0.1) is 0 Å². The molecule has 22 rings (SSSR count). The van der Waals surface area contributed by atoms with E-state index >= 15 is 0 Å². The van der Waals surface area contributed by atoms with Crippen LogP contribution in [-0.4, -0.2) is 15.0 Å². The second-order valence-electron chi connectivity index (χ2n) is 31.9. The molecule has 4 nitrogen and oxygen atoms in total. The number of hydrogen-bond acceptors (Lipinski definition) is 4. The summed E-state index contributed by atoms with van der Waals surface area (Å²) in [5, 5.41) is 11.8. The summed E-state index contributed by atoms with van der Waals surface area (Å²) in [7, 11) is 0. The summed E-state index contributed by atoms with van der Waals surface area (Å²) >= 11 is 0. The van der Waals surface area contributed by atoms with E-state index in [2.05, 4.69) is 384 Å². The lowest BCUT2D eigenvalue weighted by molar-refractivity contribution is 0.597. The van der Waals surface area contributed by atoms with Crippen molar-refractivity contribution in [2.45, 2.75) is 38.5 Å². The SMILES string of the molecule is CC1(C)c2ccccc2N2c3ccc(-c4cccc(-c5c(-c6ccccc6)c(-c6ccccc6)c(-c6cccc(-c7nc(-c8ccccc8)nc(-c8ccccc8)n7)c6)c6c7cccc8c9c(-c%10ccccc%10)c(-c%10ccccc%10)c(-c%10ccccc%10)c(-c%10ccccc%10)c9c9cccc(c56)c9c87)c4)cc3C(C)(C)c3cccc1c32. The third-order valence-electron chi connectivity index (χ3n) is 24.8. The molecule has 540 valence electrons. The Hall–Kier alpha value is -14.5. The van der Waals surface area contributed by atoms with Gasteiger partial charge in [0.1, 0.15) is 0 Å². The van der Waals surface area contributed by atoms with Crippen LogP contribution in [0.5, 0.6) is 0 Å². The summed E-state index contributed by atoms with van der Waals surface area (Å²) in [5.74, 6) is 1.80. The van der Waals surface area contributed by atoms with Crippen molar-refractivity contribution in [2.75, 3.05) is 4.90 Å². The summed E-state index contributed by atoms with van der Waals surface area (Å²) in [6, 6.07) is 144. The maximum Gasteiger partial charge on any atom is 0.164 e. The largest absolute Gasteiger partial charge is 0.309 e. The van der Waals surface area contributed by atoms with Crippen molar-refractivity contribution >= 4 is 70.9 Å². The van der Waals surface area contributed by atoms with Crippen molar-refractivity contribution in [3.63, 3.8) is 0 Å². The fourth-order valence-electron chi connectivity index (χ4n) is 19.7. The maximum absolute atomic E-state index is 5.43. The van der Waals surface area contributed by atoms with Crippen LogP contribution in [0, 0.1) is 0 Å². The highest BCUT2D eigenvalue weighted by atomic mass is 15.2. The molecule has 0 aliphatic carbocycles. The van der Waals surface area contributed by atoms with Gasteiger partial charge in [-0.2, -0.15) is 0 Å². The van der Waals surface area contributed by atoms with Crippen LogP contribution in [0.3, 0.4) is 0 Å². The molecule has 0 amide bonds. The van der Waals surface area contributed by atoms with E-state index in [1.54, 1.807) is 0 Å². The summed E-state index contributed by atoms with van der Waals surface area (Å²) in [4.78, 5) is 18.6. The van der Waals surface area contributed by atoms with E-state index < -0.39 is 0 Å². The van der Waals surface area contributed by atoms with E-state index in [1.165, 1.54) is 99.3 Å². The Morgan fingerprint density at radius 2 is 0.443 bits per heavy atom. The zero-order valence-electron chi connectivity index (χ0n) is 64.2. The van der Waals surface area contributed by atoms with E-state index in [9.17, 15) is 0 Å². The number of anilines is 3. The molecule has 2 aliphatic rings. The van der Waals surface area contributed by atoms with Crippen molar-refractivity contribution in [3.8, 4) is 134 Å². The Bertz CT molecular complexity index is 7210. The van der Waals surface area contributed by atoms with E-state index in [1.807, 2.05) is 36.4 Å². The van der Waals surface area contributed by atoms with Gasteiger partial charge in [0.2, 0.25) is 0 Å².